The van der Waals surface area contributed by atoms with E-state index in [1.54, 1.807) is 6.92 Å². The molecule has 1 saturated carbocycles. The van der Waals surface area contributed by atoms with Crippen molar-refractivity contribution in [2.24, 2.45) is 0 Å². The largest absolute Gasteiger partial charge is 0.244 e. The van der Waals surface area contributed by atoms with Gasteiger partial charge in [0.1, 0.15) is 5.67 Å². The van der Waals surface area contributed by atoms with Gasteiger partial charge < -0.3 is 0 Å². The number of hydrogen-bond donors (Lipinski definition) is 0. The summed E-state index contributed by atoms with van der Waals surface area (Å²) in [5.41, 5.74) is 4.62. The molecule has 0 nitrogen and oxygen atoms in total. The van der Waals surface area contributed by atoms with E-state index in [0.29, 0.717) is 18.8 Å². The van der Waals surface area contributed by atoms with Crippen molar-refractivity contribution in [2.75, 3.05) is 0 Å². The molecule has 1 aliphatic carbocycles. The van der Waals surface area contributed by atoms with Crippen molar-refractivity contribution < 1.29 is 4.39 Å². The highest BCUT2D eigenvalue weighted by molar-refractivity contribution is 5.38. The second-order valence-electron chi connectivity index (χ2n) is 5.97. The molecule has 0 heterocycles. The number of rotatable bonds is 1. The van der Waals surface area contributed by atoms with E-state index in [0.717, 1.165) is 12.8 Å². The molecule has 0 amide bonds. The van der Waals surface area contributed by atoms with Crippen molar-refractivity contribution in [1.82, 2.24) is 0 Å². The maximum absolute atomic E-state index is 13.8. The van der Waals surface area contributed by atoms with Gasteiger partial charge in [0.2, 0.25) is 0 Å². The van der Waals surface area contributed by atoms with E-state index < -0.39 is 5.67 Å². The normalized spacial score (nSPS) is 29.4. The fourth-order valence-corrected chi connectivity index (χ4v) is 2.86. The summed E-state index contributed by atoms with van der Waals surface area (Å²) in [4.78, 5) is 0. The lowest BCUT2D eigenvalue weighted by molar-refractivity contribution is 0.120. The third-order valence-electron chi connectivity index (χ3n) is 4.45. The number of alkyl halides is 1. The van der Waals surface area contributed by atoms with Crippen LogP contribution in [0, 0.1) is 20.8 Å². The van der Waals surface area contributed by atoms with E-state index in [-0.39, 0.29) is 0 Å². The monoisotopic (exact) mass is 234 g/mol. The van der Waals surface area contributed by atoms with Crippen molar-refractivity contribution in [3.8, 4) is 0 Å². The molecule has 1 aromatic carbocycles. The first-order valence-electron chi connectivity index (χ1n) is 6.66. The summed E-state index contributed by atoms with van der Waals surface area (Å²) in [5.74, 6) is 0.567. The van der Waals surface area contributed by atoms with Gasteiger partial charge in [-0.1, -0.05) is 12.1 Å². The Labute approximate surface area is 104 Å². The minimum atomic E-state index is -0.925. The minimum absolute atomic E-state index is 0.567. The number of benzene rings is 1. The predicted molar refractivity (Wildman–Crippen MR) is 71.4 cm³/mol. The van der Waals surface area contributed by atoms with Crippen LogP contribution >= 0.6 is 0 Å². The third-order valence-corrected chi connectivity index (χ3v) is 4.45. The molecule has 0 N–H and O–H groups in total. The molecule has 94 valence electrons. The van der Waals surface area contributed by atoms with Crippen LogP contribution in [0.1, 0.15) is 60.8 Å². The topological polar surface area (TPSA) is 0 Å². The highest BCUT2D eigenvalue weighted by Crippen LogP contribution is 2.40. The zero-order chi connectivity index (χ0) is 12.6. The van der Waals surface area contributed by atoms with Gasteiger partial charge in [0.05, 0.1) is 0 Å². The van der Waals surface area contributed by atoms with Crippen molar-refractivity contribution in [1.29, 1.82) is 0 Å². The quantitative estimate of drug-likeness (QED) is 0.641. The van der Waals surface area contributed by atoms with Crippen molar-refractivity contribution in [2.45, 2.75) is 65.0 Å². The summed E-state index contributed by atoms with van der Waals surface area (Å²) in [6.07, 6.45) is 3.41. The number of aryl methyl sites for hydroxylation is 2. The molecule has 1 fully saturated rings. The average molecular weight is 234 g/mol. The standard InChI is InChI=1S/C16H23F/c1-11-9-15(10-12(2)13(11)3)14-5-7-16(4,17)8-6-14/h9-10,14H,5-8H2,1-4H3. The van der Waals surface area contributed by atoms with E-state index in [9.17, 15) is 4.39 Å². The maximum Gasteiger partial charge on any atom is 0.108 e. The van der Waals surface area contributed by atoms with E-state index >= 15 is 0 Å². The molecule has 0 saturated heterocycles. The molecule has 1 heteroatoms. The van der Waals surface area contributed by atoms with Crippen LogP contribution in [0.4, 0.5) is 4.39 Å². The van der Waals surface area contributed by atoms with Gasteiger partial charge in [-0.15, -0.1) is 0 Å². The van der Waals surface area contributed by atoms with Crippen LogP contribution in [0.3, 0.4) is 0 Å². The first-order valence-corrected chi connectivity index (χ1v) is 6.66. The van der Waals surface area contributed by atoms with Crippen LogP contribution in [0.5, 0.6) is 0 Å². The molecule has 0 radical (unpaired) electrons. The Morgan fingerprint density at radius 1 is 1.06 bits per heavy atom. The van der Waals surface area contributed by atoms with Crippen LogP contribution < -0.4 is 0 Å². The molecular weight excluding hydrogens is 211 g/mol. The Hall–Kier alpha value is -0.850. The SMILES string of the molecule is Cc1cc(C2CCC(C)(F)CC2)cc(C)c1C. The average Bonchev–Trinajstić information content (AvgIpc) is 2.25. The van der Waals surface area contributed by atoms with Crippen molar-refractivity contribution in [3.05, 3.63) is 34.4 Å². The van der Waals surface area contributed by atoms with E-state index in [4.69, 9.17) is 0 Å². The van der Waals surface area contributed by atoms with Gasteiger partial charge >= 0.3 is 0 Å². The molecule has 0 atom stereocenters. The van der Waals surface area contributed by atoms with E-state index in [2.05, 4.69) is 32.9 Å². The lowest BCUT2D eigenvalue weighted by atomic mass is 9.77. The Morgan fingerprint density at radius 3 is 2.00 bits per heavy atom. The van der Waals surface area contributed by atoms with Gasteiger partial charge in [-0.25, -0.2) is 4.39 Å². The van der Waals surface area contributed by atoms with Gasteiger partial charge in [-0.05, 0) is 81.5 Å². The fourth-order valence-electron chi connectivity index (χ4n) is 2.86. The molecule has 0 aliphatic heterocycles. The summed E-state index contributed by atoms with van der Waals surface area (Å²) in [6.45, 7) is 8.27. The summed E-state index contributed by atoms with van der Waals surface area (Å²) in [7, 11) is 0. The van der Waals surface area contributed by atoms with Gasteiger partial charge in [0.25, 0.3) is 0 Å². The molecule has 1 aliphatic rings. The van der Waals surface area contributed by atoms with Gasteiger partial charge in [0.15, 0.2) is 0 Å². The summed E-state index contributed by atoms with van der Waals surface area (Å²) in [5, 5.41) is 0. The van der Waals surface area contributed by atoms with Crippen LogP contribution in [0.25, 0.3) is 0 Å². The van der Waals surface area contributed by atoms with E-state index in [1.807, 2.05) is 0 Å². The fraction of sp³-hybridized carbons (Fsp3) is 0.625. The number of halogens is 1. The Bertz CT molecular complexity index is 385. The van der Waals surface area contributed by atoms with Gasteiger partial charge in [-0.2, -0.15) is 0 Å². The zero-order valence-corrected chi connectivity index (χ0v) is 11.4. The lowest BCUT2D eigenvalue weighted by Crippen LogP contribution is -2.25. The molecule has 2 rings (SSSR count). The Morgan fingerprint density at radius 2 is 1.53 bits per heavy atom. The van der Waals surface area contributed by atoms with Crippen LogP contribution in [0.15, 0.2) is 12.1 Å². The molecule has 0 spiro atoms. The highest BCUT2D eigenvalue weighted by Gasteiger charge is 2.31. The minimum Gasteiger partial charge on any atom is -0.244 e. The molecule has 0 aromatic heterocycles. The van der Waals surface area contributed by atoms with E-state index in [1.165, 1.54) is 22.3 Å². The van der Waals surface area contributed by atoms with Crippen LogP contribution in [0.2, 0.25) is 0 Å². The Balaban J connectivity index is 2.19. The second kappa shape index (κ2) is 4.44. The highest BCUT2D eigenvalue weighted by atomic mass is 19.1. The van der Waals surface area contributed by atoms with Crippen molar-refractivity contribution >= 4 is 0 Å². The summed E-state index contributed by atoms with van der Waals surface area (Å²) >= 11 is 0. The first-order chi connectivity index (χ1) is 7.89. The number of hydrogen-bond acceptors (Lipinski definition) is 0. The molecule has 17 heavy (non-hydrogen) atoms. The van der Waals surface area contributed by atoms with Crippen molar-refractivity contribution in [3.63, 3.8) is 0 Å². The zero-order valence-electron chi connectivity index (χ0n) is 11.4. The summed E-state index contributed by atoms with van der Waals surface area (Å²) in [6, 6.07) is 4.60. The van der Waals surface area contributed by atoms with Crippen LogP contribution in [-0.2, 0) is 0 Å². The molecule has 0 bridgehead atoms. The van der Waals surface area contributed by atoms with Gasteiger partial charge in [0, 0.05) is 0 Å². The lowest BCUT2D eigenvalue weighted by Gasteiger charge is -2.31. The summed E-state index contributed by atoms with van der Waals surface area (Å²) < 4.78 is 13.8. The second-order valence-corrected chi connectivity index (χ2v) is 5.97. The maximum atomic E-state index is 13.8. The molecule has 1 aromatic rings. The first kappa shape index (κ1) is 12.6. The van der Waals surface area contributed by atoms with Gasteiger partial charge in [-0.3, -0.25) is 0 Å². The smallest absolute Gasteiger partial charge is 0.108 e. The molecular formula is C16H23F. The predicted octanol–water partition coefficient (Wildman–Crippen LogP) is 5.00. The molecule has 0 unspecified atom stereocenters. The van der Waals surface area contributed by atoms with Crippen LogP contribution in [-0.4, -0.2) is 5.67 Å². The third kappa shape index (κ3) is 2.70. The Kier molecular flexibility index (Phi) is 3.29.